The molecule has 1 unspecified atom stereocenters. The van der Waals surface area contributed by atoms with Crippen LogP contribution in [0, 0.1) is 0 Å². The number of methoxy groups -OCH3 is 3. The van der Waals surface area contributed by atoms with Crippen LogP contribution < -0.4 is 24.8 Å². The van der Waals surface area contributed by atoms with Gasteiger partial charge in [0.1, 0.15) is 5.75 Å². The maximum absolute atomic E-state index is 12.6. The molecule has 0 spiro atoms. The molecule has 1 atom stereocenters. The zero-order valence-electron chi connectivity index (χ0n) is 17.3. The monoisotopic (exact) mass is 401 g/mol. The molecule has 0 fully saturated rings. The fraction of sp³-hybridized carbons (Fsp3) is 0.333. The van der Waals surface area contributed by atoms with Crippen LogP contribution in [0.4, 0.5) is 11.4 Å². The zero-order valence-corrected chi connectivity index (χ0v) is 17.3. The Morgan fingerprint density at radius 1 is 0.931 bits per heavy atom. The minimum atomic E-state index is -0.529. The third-order valence-corrected chi connectivity index (χ3v) is 4.44. The van der Waals surface area contributed by atoms with Gasteiger partial charge in [0.2, 0.25) is 11.8 Å². The summed E-state index contributed by atoms with van der Waals surface area (Å²) >= 11 is 0. The van der Waals surface area contributed by atoms with Crippen LogP contribution in [0.25, 0.3) is 0 Å². The smallest absolute Gasteiger partial charge is 0.241 e. The fourth-order valence-corrected chi connectivity index (χ4v) is 2.63. The van der Waals surface area contributed by atoms with Gasteiger partial charge in [-0.15, -0.1) is 0 Å². The average molecular weight is 401 g/mol. The van der Waals surface area contributed by atoms with Gasteiger partial charge in [-0.2, -0.15) is 0 Å². The molecular weight excluding hydrogens is 374 g/mol. The van der Waals surface area contributed by atoms with E-state index in [-0.39, 0.29) is 18.4 Å². The van der Waals surface area contributed by atoms with Crippen LogP contribution in [0.5, 0.6) is 17.2 Å². The second-order valence-electron chi connectivity index (χ2n) is 6.43. The normalized spacial score (nSPS) is 11.5. The first kappa shape index (κ1) is 22.0. The van der Waals surface area contributed by atoms with Crippen molar-refractivity contribution in [1.29, 1.82) is 0 Å². The van der Waals surface area contributed by atoms with Gasteiger partial charge >= 0.3 is 0 Å². The van der Waals surface area contributed by atoms with Crippen LogP contribution in [0.3, 0.4) is 0 Å². The molecule has 0 saturated heterocycles. The number of benzene rings is 2. The molecule has 29 heavy (non-hydrogen) atoms. The number of ether oxygens (including phenoxy) is 3. The highest BCUT2D eigenvalue weighted by atomic mass is 16.5. The van der Waals surface area contributed by atoms with Gasteiger partial charge in [-0.25, -0.2) is 0 Å². The quantitative estimate of drug-likeness (QED) is 0.671. The molecule has 156 valence electrons. The van der Waals surface area contributed by atoms with E-state index >= 15 is 0 Å². The highest BCUT2D eigenvalue weighted by Crippen LogP contribution is 2.29. The molecule has 2 rings (SSSR count). The van der Waals surface area contributed by atoms with E-state index in [2.05, 4.69) is 10.6 Å². The second-order valence-corrected chi connectivity index (χ2v) is 6.43. The number of hydrogen-bond donors (Lipinski definition) is 2. The summed E-state index contributed by atoms with van der Waals surface area (Å²) in [5.41, 5.74) is 1.21. The van der Waals surface area contributed by atoms with Crippen LogP contribution in [-0.2, 0) is 9.59 Å². The van der Waals surface area contributed by atoms with E-state index in [1.54, 1.807) is 75.6 Å². The lowest BCUT2D eigenvalue weighted by Crippen LogP contribution is -2.43. The van der Waals surface area contributed by atoms with Crippen molar-refractivity contribution in [3.05, 3.63) is 42.5 Å². The second kappa shape index (κ2) is 10.3. The lowest BCUT2D eigenvalue weighted by atomic mass is 10.2. The van der Waals surface area contributed by atoms with Crippen molar-refractivity contribution in [2.45, 2.75) is 13.0 Å². The van der Waals surface area contributed by atoms with Crippen LogP contribution in [-0.4, -0.2) is 57.7 Å². The summed E-state index contributed by atoms with van der Waals surface area (Å²) < 4.78 is 15.6. The van der Waals surface area contributed by atoms with Crippen molar-refractivity contribution in [3.63, 3.8) is 0 Å². The maximum Gasteiger partial charge on any atom is 0.241 e. The number of rotatable bonds is 9. The number of hydrogen-bond acceptors (Lipinski definition) is 6. The predicted molar refractivity (Wildman–Crippen MR) is 112 cm³/mol. The minimum Gasteiger partial charge on any atom is -0.497 e. The Bertz CT molecular complexity index is 856. The molecule has 2 aromatic carbocycles. The van der Waals surface area contributed by atoms with E-state index in [9.17, 15) is 9.59 Å². The van der Waals surface area contributed by atoms with Gasteiger partial charge in [0.05, 0.1) is 33.9 Å². The van der Waals surface area contributed by atoms with Crippen molar-refractivity contribution in [1.82, 2.24) is 4.90 Å². The molecule has 0 radical (unpaired) electrons. The molecule has 0 bridgehead atoms. The van der Waals surface area contributed by atoms with Crippen LogP contribution >= 0.6 is 0 Å². The summed E-state index contributed by atoms with van der Waals surface area (Å²) in [6, 6.07) is 11.7. The molecule has 2 N–H and O–H groups in total. The van der Waals surface area contributed by atoms with E-state index < -0.39 is 6.04 Å². The van der Waals surface area contributed by atoms with E-state index in [0.29, 0.717) is 28.6 Å². The summed E-state index contributed by atoms with van der Waals surface area (Å²) in [5, 5.41) is 5.62. The van der Waals surface area contributed by atoms with Gasteiger partial charge in [0, 0.05) is 23.5 Å². The Balaban J connectivity index is 1.93. The van der Waals surface area contributed by atoms with Crippen molar-refractivity contribution in [2.24, 2.45) is 0 Å². The Hall–Kier alpha value is -3.26. The molecule has 8 nitrogen and oxygen atoms in total. The SMILES string of the molecule is COc1cccc(NC(=O)CN(C)C(C)C(=O)Nc2ccc(OC)c(OC)c2)c1. The number of nitrogens with zero attached hydrogens (tertiary/aromatic N) is 1. The molecule has 2 aromatic rings. The summed E-state index contributed by atoms with van der Waals surface area (Å²) in [5.74, 6) is 1.27. The molecule has 0 heterocycles. The van der Waals surface area contributed by atoms with Crippen molar-refractivity contribution in [3.8, 4) is 17.2 Å². The first-order valence-corrected chi connectivity index (χ1v) is 9.05. The third-order valence-electron chi connectivity index (χ3n) is 4.44. The van der Waals surface area contributed by atoms with Crippen molar-refractivity contribution < 1.29 is 23.8 Å². The lowest BCUT2D eigenvalue weighted by molar-refractivity contribution is -0.122. The Morgan fingerprint density at radius 3 is 2.28 bits per heavy atom. The molecule has 2 amide bonds. The zero-order chi connectivity index (χ0) is 21.4. The number of amides is 2. The van der Waals surface area contributed by atoms with E-state index in [0.717, 1.165) is 0 Å². The number of nitrogens with one attached hydrogen (secondary N) is 2. The number of anilines is 2. The van der Waals surface area contributed by atoms with Crippen LogP contribution in [0.15, 0.2) is 42.5 Å². The van der Waals surface area contributed by atoms with Gasteiger partial charge in [-0.05, 0) is 38.2 Å². The molecule has 0 saturated carbocycles. The topological polar surface area (TPSA) is 89.1 Å². The molecule has 0 aliphatic heterocycles. The fourth-order valence-electron chi connectivity index (χ4n) is 2.63. The largest absolute Gasteiger partial charge is 0.497 e. The average Bonchev–Trinajstić information content (AvgIpc) is 2.72. The molecule has 0 aromatic heterocycles. The van der Waals surface area contributed by atoms with Gasteiger partial charge < -0.3 is 24.8 Å². The van der Waals surface area contributed by atoms with E-state index in [4.69, 9.17) is 14.2 Å². The minimum absolute atomic E-state index is 0.0533. The Kier molecular flexibility index (Phi) is 7.85. The summed E-state index contributed by atoms with van der Waals surface area (Å²) in [7, 11) is 6.35. The maximum atomic E-state index is 12.6. The molecule has 0 aliphatic rings. The van der Waals surface area contributed by atoms with Gasteiger partial charge in [-0.1, -0.05) is 6.07 Å². The first-order chi connectivity index (χ1) is 13.9. The van der Waals surface area contributed by atoms with E-state index in [1.807, 2.05) is 0 Å². The van der Waals surface area contributed by atoms with Crippen molar-refractivity contribution in [2.75, 3.05) is 45.6 Å². The van der Waals surface area contributed by atoms with Crippen LogP contribution in [0.1, 0.15) is 6.92 Å². The number of carbonyl (C=O) groups is 2. The lowest BCUT2D eigenvalue weighted by Gasteiger charge is -2.23. The summed E-state index contributed by atoms with van der Waals surface area (Å²) in [4.78, 5) is 26.5. The van der Waals surface area contributed by atoms with E-state index in [1.165, 1.54) is 7.11 Å². The van der Waals surface area contributed by atoms with Gasteiger partial charge in [0.25, 0.3) is 0 Å². The first-order valence-electron chi connectivity index (χ1n) is 9.05. The third kappa shape index (κ3) is 6.11. The highest BCUT2D eigenvalue weighted by molar-refractivity contribution is 5.96. The van der Waals surface area contributed by atoms with Gasteiger partial charge in [-0.3, -0.25) is 14.5 Å². The molecular formula is C21H27N3O5. The number of likely N-dealkylation sites (N-methyl/N-ethyl adjacent to an activating group) is 1. The van der Waals surface area contributed by atoms with Crippen molar-refractivity contribution >= 4 is 23.2 Å². The predicted octanol–water partition coefficient (Wildman–Crippen LogP) is 2.61. The standard InChI is InChI=1S/C21H27N3O5/c1-14(21(26)23-16-9-10-18(28-4)19(12-16)29-5)24(2)13-20(25)22-15-7-6-8-17(11-15)27-3/h6-12,14H,13H2,1-5H3,(H,22,25)(H,23,26). The summed E-state index contributed by atoms with van der Waals surface area (Å²) in [6.45, 7) is 1.78. The summed E-state index contributed by atoms with van der Waals surface area (Å²) in [6.07, 6.45) is 0. The molecule has 8 heteroatoms. The van der Waals surface area contributed by atoms with Gasteiger partial charge in [0.15, 0.2) is 11.5 Å². The Morgan fingerprint density at radius 2 is 1.62 bits per heavy atom. The van der Waals surface area contributed by atoms with Crippen LogP contribution in [0.2, 0.25) is 0 Å². The number of carbonyl (C=O) groups excluding carboxylic acids is 2. The highest BCUT2D eigenvalue weighted by Gasteiger charge is 2.21. The Labute approximate surface area is 170 Å². The molecule has 0 aliphatic carbocycles.